The van der Waals surface area contributed by atoms with E-state index < -0.39 is 5.91 Å². The maximum atomic E-state index is 11.2. The molecule has 5 heteroatoms. The molecular formula is C9H16N4O. The van der Waals surface area contributed by atoms with E-state index in [1.807, 2.05) is 6.92 Å². The number of hydrogen-bond acceptors (Lipinski definition) is 3. The predicted octanol–water partition coefficient (Wildman–Crippen LogP) is 0.990. The van der Waals surface area contributed by atoms with Gasteiger partial charge in [-0.3, -0.25) is 15.6 Å². The Bertz CT molecular complexity index is 281. The van der Waals surface area contributed by atoms with Crippen LogP contribution < -0.4 is 5.32 Å². The van der Waals surface area contributed by atoms with E-state index in [4.69, 9.17) is 10.8 Å². The number of rotatable bonds is 4. The van der Waals surface area contributed by atoms with Gasteiger partial charge in [-0.1, -0.05) is 6.92 Å². The Morgan fingerprint density at radius 3 is 2.36 bits per heavy atom. The molecule has 0 radical (unpaired) electrons. The fraction of sp³-hybridized carbons (Fsp3) is 0.556. The number of carbonyl (C=O) groups is 1. The highest BCUT2D eigenvalue weighted by atomic mass is 16.1. The maximum absolute atomic E-state index is 11.2. The van der Waals surface area contributed by atoms with Crippen molar-refractivity contribution >= 4 is 23.2 Å². The fourth-order valence-corrected chi connectivity index (χ4v) is 0.799. The third-order valence-electron chi connectivity index (χ3n) is 1.46. The molecule has 0 aliphatic rings. The molecule has 0 rings (SSSR count). The van der Waals surface area contributed by atoms with Gasteiger partial charge in [-0.25, -0.2) is 4.99 Å². The van der Waals surface area contributed by atoms with Gasteiger partial charge in [0, 0.05) is 6.54 Å². The lowest BCUT2D eigenvalue weighted by molar-refractivity contribution is -0.114. The van der Waals surface area contributed by atoms with Crippen molar-refractivity contribution in [1.82, 2.24) is 5.32 Å². The summed E-state index contributed by atoms with van der Waals surface area (Å²) >= 11 is 0. The Morgan fingerprint density at radius 2 is 1.93 bits per heavy atom. The van der Waals surface area contributed by atoms with Crippen molar-refractivity contribution in [2.45, 2.75) is 27.2 Å². The van der Waals surface area contributed by atoms with Crippen LogP contribution >= 0.6 is 0 Å². The summed E-state index contributed by atoms with van der Waals surface area (Å²) in [6.45, 7) is 5.54. The van der Waals surface area contributed by atoms with E-state index in [0.717, 1.165) is 6.42 Å². The minimum Gasteiger partial charge on any atom is -0.351 e. The van der Waals surface area contributed by atoms with Gasteiger partial charge in [-0.2, -0.15) is 0 Å². The van der Waals surface area contributed by atoms with Crippen molar-refractivity contribution in [3.8, 4) is 0 Å². The summed E-state index contributed by atoms with van der Waals surface area (Å²) in [6, 6.07) is 0. The zero-order valence-corrected chi connectivity index (χ0v) is 8.77. The first-order chi connectivity index (χ1) is 6.49. The lowest BCUT2D eigenvalue weighted by Crippen LogP contribution is -2.34. The molecular weight excluding hydrogens is 180 g/mol. The topological polar surface area (TPSA) is 89.2 Å². The molecule has 0 saturated heterocycles. The average molecular weight is 196 g/mol. The molecule has 0 fully saturated rings. The lowest BCUT2D eigenvalue weighted by atomic mass is 10.2. The third-order valence-corrected chi connectivity index (χ3v) is 1.46. The lowest BCUT2D eigenvalue weighted by Gasteiger charge is -2.03. The fourth-order valence-electron chi connectivity index (χ4n) is 0.799. The van der Waals surface area contributed by atoms with E-state index >= 15 is 0 Å². The SMILES string of the molecule is CCCNC(=O)C(=N)/C(C)=N\C(C)=N. The highest BCUT2D eigenvalue weighted by molar-refractivity contribution is 6.66. The molecule has 0 saturated carbocycles. The second-order valence-corrected chi connectivity index (χ2v) is 2.91. The summed E-state index contributed by atoms with van der Waals surface area (Å²) in [5, 5.41) is 17.1. The van der Waals surface area contributed by atoms with E-state index in [9.17, 15) is 4.79 Å². The van der Waals surface area contributed by atoms with Crippen LogP contribution in [0.25, 0.3) is 0 Å². The third kappa shape index (κ3) is 4.49. The molecule has 0 bridgehead atoms. The molecule has 78 valence electrons. The molecule has 1 amide bonds. The Labute approximate surface area is 83.6 Å². The van der Waals surface area contributed by atoms with Crippen LogP contribution in [0.4, 0.5) is 0 Å². The molecule has 0 aliphatic heterocycles. The molecule has 0 aromatic heterocycles. The quantitative estimate of drug-likeness (QED) is 0.454. The minimum atomic E-state index is -0.436. The van der Waals surface area contributed by atoms with Crippen molar-refractivity contribution in [3.05, 3.63) is 0 Å². The number of carbonyl (C=O) groups excluding carboxylic acids is 1. The number of amides is 1. The van der Waals surface area contributed by atoms with Crippen molar-refractivity contribution in [2.24, 2.45) is 4.99 Å². The van der Waals surface area contributed by atoms with Gasteiger partial charge in [-0.05, 0) is 20.3 Å². The van der Waals surface area contributed by atoms with Crippen molar-refractivity contribution < 1.29 is 4.79 Å². The summed E-state index contributed by atoms with van der Waals surface area (Å²) < 4.78 is 0. The van der Waals surface area contributed by atoms with Crippen LogP contribution in [0.1, 0.15) is 27.2 Å². The molecule has 5 nitrogen and oxygen atoms in total. The Morgan fingerprint density at radius 1 is 1.36 bits per heavy atom. The Hall–Kier alpha value is -1.52. The first-order valence-electron chi connectivity index (χ1n) is 4.46. The normalized spacial score (nSPS) is 10.9. The van der Waals surface area contributed by atoms with Crippen molar-refractivity contribution in [2.75, 3.05) is 6.54 Å². The van der Waals surface area contributed by atoms with Crippen LogP contribution in [0.15, 0.2) is 4.99 Å². The van der Waals surface area contributed by atoms with Gasteiger partial charge in [0.1, 0.15) is 11.5 Å². The van der Waals surface area contributed by atoms with Gasteiger partial charge >= 0.3 is 0 Å². The van der Waals surface area contributed by atoms with Crippen molar-refractivity contribution in [3.63, 3.8) is 0 Å². The second kappa shape index (κ2) is 6.01. The van der Waals surface area contributed by atoms with Crippen LogP contribution in [0.3, 0.4) is 0 Å². The standard InChI is InChI=1S/C9H16N4O/c1-4-5-12-9(14)8(11)6(2)13-7(3)10/h10-11H,4-5H2,1-3H3,(H,12,14)/b10-7?,11-8?,13-6-. The second-order valence-electron chi connectivity index (χ2n) is 2.91. The molecule has 0 aromatic rings. The van der Waals surface area contributed by atoms with Crippen molar-refractivity contribution in [1.29, 1.82) is 10.8 Å². The zero-order chi connectivity index (χ0) is 11.1. The Balaban J connectivity index is 4.32. The maximum Gasteiger partial charge on any atom is 0.271 e. The van der Waals surface area contributed by atoms with E-state index in [-0.39, 0.29) is 17.3 Å². The van der Waals surface area contributed by atoms with Crippen LogP contribution in [0.2, 0.25) is 0 Å². The summed E-state index contributed by atoms with van der Waals surface area (Å²) in [5.41, 5.74) is 0.0937. The summed E-state index contributed by atoms with van der Waals surface area (Å²) in [4.78, 5) is 15.0. The first-order valence-corrected chi connectivity index (χ1v) is 4.46. The summed E-state index contributed by atoms with van der Waals surface area (Å²) in [5.74, 6) is -0.343. The van der Waals surface area contributed by atoms with Gasteiger partial charge in [0.15, 0.2) is 0 Å². The number of amidine groups is 1. The molecule has 0 heterocycles. The molecule has 0 atom stereocenters. The van der Waals surface area contributed by atoms with Crippen LogP contribution in [-0.2, 0) is 4.79 Å². The van der Waals surface area contributed by atoms with Gasteiger partial charge in [0.25, 0.3) is 5.91 Å². The predicted molar refractivity (Wildman–Crippen MR) is 57.5 cm³/mol. The van der Waals surface area contributed by atoms with E-state index in [1.54, 1.807) is 6.92 Å². The van der Waals surface area contributed by atoms with Crippen LogP contribution in [0, 0.1) is 10.8 Å². The van der Waals surface area contributed by atoms with Gasteiger partial charge in [0.2, 0.25) is 0 Å². The first kappa shape index (κ1) is 12.5. The Kier molecular flexibility index (Phi) is 5.36. The van der Waals surface area contributed by atoms with Gasteiger partial charge in [0.05, 0.1) is 5.71 Å². The highest BCUT2D eigenvalue weighted by Gasteiger charge is 2.11. The molecule has 0 spiro atoms. The molecule has 3 N–H and O–H groups in total. The zero-order valence-electron chi connectivity index (χ0n) is 8.77. The highest BCUT2D eigenvalue weighted by Crippen LogP contribution is 1.85. The average Bonchev–Trinajstić information content (AvgIpc) is 2.11. The number of nitrogens with zero attached hydrogens (tertiary/aromatic N) is 1. The largest absolute Gasteiger partial charge is 0.351 e. The number of aliphatic imine (C=N–C) groups is 1. The summed E-state index contributed by atoms with van der Waals surface area (Å²) in [7, 11) is 0. The molecule has 0 aromatic carbocycles. The van der Waals surface area contributed by atoms with Gasteiger partial charge in [-0.15, -0.1) is 0 Å². The molecule has 0 unspecified atom stereocenters. The smallest absolute Gasteiger partial charge is 0.271 e. The van der Waals surface area contributed by atoms with E-state index in [0.29, 0.717) is 6.54 Å². The van der Waals surface area contributed by atoms with Gasteiger partial charge < -0.3 is 5.32 Å². The summed E-state index contributed by atoms with van der Waals surface area (Å²) in [6.07, 6.45) is 0.832. The number of hydrogen-bond donors (Lipinski definition) is 3. The van der Waals surface area contributed by atoms with E-state index in [2.05, 4.69) is 10.3 Å². The monoisotopic (exact) mass is 196 g/mol. The number of nitrogens with one attached hydrogen (secondary N) is 3. The van der Waals surface area contributed by atoms with Crippen LogP contribution in [-0.4, -0.2) is 29.7 Å². The van der Waals surface area contributed by atoms with Crippen LogP contribution in [0.5, 0.6) is 0 Å². The van der Waals surface area contributed by atoms with E-state index in [1.165, 1.54) is 6.92 Å². The minimum absolute atomic E-state index is 0.0931. The molecule has 0 aliphatic carbocycles. The molecule has 14 heavy (non-hydrogen) atoms.